The molecule has 4 aromatic carbocycles. The van der Waals surface area contributed by atoms with Gasteiger partial charge in [0, 0.05) is 43.3 Å². The molecule has 1 aliphatic heterocycles. The van der Waals surface area contributed by atoms with Crippen LogP contribution in [-0.2, 0) is 32.2 Å². The van der Waals surface area contributed by atoms with Gasteiger partial charge in [-0.2, -0.15) is 0 Å². The molecular formula is C45H48N4O7S. The number of aliphatic hydroxyl groups is 1. The molecule has 3 atom stereocenters. The molecule has 6 rings (SSSR count). The number of carboxylic acid groups (broad SMARTS) is 1. The van der Waals surface area contributed by atoms with Crippen molar-refractivity contribution in [1.29, 1.82) is 0 Å². The molecule has 0 saturated carbocycles. The molecule has 296 valence electrons. The van der Waals surface area contributed by atoms with Crippen molar-refractivity contribution in [1.82, 2.24) is 10.3 Å². The first kappa shape index (κ1) is 41.1. The summed E-state index contributed by atoms with van der Waals surface area (Å²) in [7, 11) is 0. The van der Waals surface area contributed by atoms with E-state index < -0.39 is 12.3 Å². The summed E-state index contributed by atoms with van der Waals surface area (Å²) >= 11 is 1.35. The molecule has 1 fully saturated rings. The van der Waals surface area contributed by atoms with Crippen LogP contribution in [0, 0.1) is 0 Å². The van der Waals surface area contributed by atoms with Crippen molar-refractivity contribution in [3.63, 3.8) is 0 Å². The zero-order valence-corrected chi connectivity index (χ0v) is 32.5. The van der Waals surface area contributed by atoms with Crippen molar-refractivity contribution >= 4 is 40.9 Å². The fourth-order valence-corrected chi connectivity index (χ4v) is 7.67. The highest BCUT2D eigenvalue weighted by Crippen LogP contribution is 2.40. The summed E-state index contributed by atoms with van der Waals surface area (Å²) in [5.41, 5.74) is 12.8. The predicted octanol–water partition coefficient (Wildman–Crippen LogP) is 8.45. The third kappa shape index (κ3) is 11.7. The van der Waals surface area contributed by atoms with Gasteiger partial charge in [-0.3, -0.25) is 9.59 Å². The average Bonchev–Trinajstić information content (AvgIpc) is 3.24. The highest BCUT2D eigenvalue weighted by atomic mass is 32.2. The lowest BCUT2D eigenvalue weighted by atomic mass is 9.97. The number of nitrogens with two attached hydrogens (primary N) is 1. The normalized spacial score (nSPS) is 16.5. The van der Waals surface area contributed by atoms with Gasteiger partial charge in [0.2, 0.25) is 11.8 Å². The van der Waals surface area contributed by atoms with E-state index >= 15 is 0 Å². The van der Waals surface area contributed by atoms with Crippen LogP contribution < -0.4 is 16.4 Å². The Balaban J connectivity index is 1.03. The molecule has 0 radical (unpaired) electrons. The van der Waals surface area contributed by atoms with Crippen LogP contribution >= 0.6 is 11.8 Å². The van der Waals surface area contributed by atoms with E-state index in [1.807, 2.05) is 84.9 Å². The van der Waals surface area contributed by atoms with E-state index in [1.54, 1.807) is 30.5 Å². The maximum Gasteiger partial charge on any atom is 0.338 e. The number of hydrogen-bond donors (Lipinski definition) is 5. The lowest BCUT2D eigenvalue weighted by Crippen LogP contribution is -2.31. The molecule has 57 heavy (non-hydrogen) atoms. The Kier molecular flexibility index (Phi) is 14.8. The second-order valence-corrected chi connectivity index (χ2v) is 14.9. The quantitative estimate of drug-likeness (QED) is 0.0329. The van der Waals surface area contributed by atoms with Crippen LogP contribution in [0.4, 0.5) is 11.4 Å². The summed E-state index contributed by atoms with van der Waals surface area (Å²) in [5, 5.41) is 25.6. The standard InChI is InChI=1S/C45H48N4O7S/c46-38-13-7-8-14-39(38)49-42(52)16-4-2-1-3-15-41(51)48-27-34-10-5-6-11-36(34)31-21-23-33(24-22-31)45-55-35(29-57-43-37(44(53)54)12-9-25-47-43)26-40(56-45)32-19-17-30(28-50)18-20-32/h5-14,17-25,35,40,45,50H,1-4,15-16,26-29,46H2,(H,48,51)(H,49,52)(H,53,54). The molecule has 11 nitrogen and oxygen atoms in total. The summed E-state index contributed by atoms with van der Waals surface area (Å²) < 4.78 is 13.0. The molecule has 1 saturated heterocycles. The van der Waals surface area contributed by atoms with Gasteiger partial charge < -0.3 is 36.1 Å². The monoisotopic (exact) mass is 788 g/mol. The number of nitrogens with one attached hydrogen (secondary N) is 2. The fraction of sp³-hybridized carbons (Fsp3) is 0.289. The SMILES string of the molecule is Nc1ccccc1NC(=O)CCCCCCC(=O)NCc1ccccc1-c1ccc(C2OC(CSc3ncccc3C(=O)O)CC(c3ccc(CO)cc3)O2)cc1. The zero-order chi connectivity index (χ0) is 40.0. The average molecular weight is 789 g/mol. The van der Waals surface area contributed by atoms with Crippen LogP contribution in [0.2, 0.25) is 0 Å². The maximum atomic E-state index is 12.8. The van der Waals surface area contributed by atoms with Crippen LogP contribution in [-0.4, -0.2) is 44.8 Å². The summed E-state index contributed by atoms with van der Waals surface area (Å²) in [6, 6.07) is 34.0. The summed E-state index contributed by atoms with van der Waals surface area (Å²) in [6.45, 7) is 0.343. The summed E-state index contributed by atoms with van der Waals surface area (Å²) in [5.74, 6) is -0.632. The lowest BCUT2D eigenvalue weighted by Gasteiger charge is -2.36. The first-order valence-corrected chi connectivity index (χ1v) is 20.2. The number of benzene rings is 4. The van der Waals surface area contributed by atoms with Crippen molar-refractivity contribution in [2.75, 3.05) is 16.8 Å². The van der Waals surface area contributed by atoms with Crippen molar-refractivity contribution in [3.05, 3.63) is 143 Å². The van der Waals surface area contributed by atoms with Gasteiger partial charge in [0.25, 0.3) is 0 Å². The van der Waals surface area contributed by atoms with E-state index in [0.29, 0.717) is 48.0 Å². The Hall–Kier alpha value is -5.53. The molecular weight excluding hydrogens is 741 g/mol. The van der Waals surface area contributed by atoms with Crippen molar-refractivity contribution in [3.8, 4) is 11.1 Å². The maximum absolute atomic E-state index is 12.8. The van der Waals surface area contributed by atoms with Crippen LogP contribution in [0.1, 0.15) is 90.0 Å². The van der Waals surface area contributed by atoms with Gasteiger partial charge in [-0.1, -0.05) is 97.8 Å². The van der Waals surface area contributed by atoms with Crippen LogP contribution in [0.5, 0.6) is 0 Å². The minimum atomic E-state index is -1.03. The fourth-order valence-electron chi connectivity index (χ4n) is 6.67. The van der Waals surface area contributed by atoms with Crippen molar-refractivity contribution in [2.24, 2.45) is 0 Å². The van der Waals surface area contributed by atoms with Gasteiger partial charge in [0.05, 0.1) is 35.8 Å². The Morgan fingerprint density at radius 1 is 0.789 bits per heavy atom. The highest BCUT2D eigenvalue weighted by Gasteiger charge is 2.32. The minimum Gasteiger partial charge on any atom is -0.478 e. The molecule has 3 unspecified atom stereocenters. The minimum absolute atomic E-state index is 0.0143. The van der Waals surface area contributed by atoms with Crippen LogP contribution in [0.25, 0.3) is 11.1 Å². The molecule has 6 N–H and O–H groups in total. The molecule has 2 heterocycles. The number of para-hydroxylation sites is 2. The van der Waals surface area contributed by atoms with Crippen LogP contribution in [0.15, 0.2) is 120 Å². The number of amides is 2. The molecule has 12 heteroatoms. The number of rotatable bonds is 18. The van der Waals surface area contributed by atoms with Gasteiger partial charge in [-0.15, -0.1) is 11.8 Å². The van der Waals surface area contributed by atoms with Crippen molar-refractivity contribution < 1.29 is 34.1 Å². The topological polar surface area (TPSA) is 173 Å². The van der Waals surface area contributed by atoms with E-state index in [2.05, 4.69) is 15.6 Å². The number of anilines is 2. The number of nitrogen functional groups attached to an aromatic ring is 1. The van der Waals surface area contributed by atoms with Gasteiger partial charge in [0.1, 0.15) is 5.03 Å². The molecule has 2 amide bonds. The number of carboxylic acids is 1. The molecule has 5 aromatic rings. The smallest absolute Gasteiger partial charge is 0.338 e. The zero-order valence-electron chi connectivity index (χ0n) is 31.6. The van der Waals surface area contributed by atoms with E-state index in [4.69, 9.17) is 15.2 Å². The first-order chi connectivity index (χ1) is 27.8. The predicted molar refractivity (Wildman–Crippen MR) is 221 cm³/mol. The van der Waals surface area contributed by atoms with Gasteiger partial charge in [0.15, 0.2) is 6.29 Å². The number of hydrogen-bond acceptors (Lipinski definition) is 9. The second kappa shape index (κ2) is 20.6. The van der Waals surface area contributed by atoms with E-state index in [0.717, 1.165) is 59.1 Å². The Morgan fingerprint density at radius 3 is 2.23 bits per heavy atom. The molecule has 0 aliphatic carbocycles. The van der Waals surface area contributed by atoms with Crippen LogP contribution in [0.3, 0.4) is 0 Å². The van der Waals surface area contributed by atoms with E-state index in [1.165, 1.54) is 11.8 Å². The second-order valence-electron chi connectivity index (χ2n) is 13.9. The Morgan fingerprint density at radius 2 is 1.49 bits per heavy atom. The molecule has 0 bridgehead atoms. The number of aromatic nitrogens is 1. The number of carbonyl (C=O) groups is 3. The number of aromatic carboxylic acids is 1. The number of carbonyl (C=O) groups excluding carboxylic acids is 2. The summed E-state index contributed by atoms with van der Waals surface area (Å²) in [4.78, 5) is 41.1. The summed E-state index contributed by atoms with van der Waals surface area (Å²) in [6.07, 6.45) is 4.93. The van der Waals surface area contributed by atoms with Gasteiger partial charge in [-0.25, -0.2) is 9.78 Å². The third-order valence-corrected chi connectivity index (χ3v) is 10.9. The van der Waals surface area contributed by atoms with Gasteiger partial charge in [-0.05, 0) is 64.9 Å². The number of thioether (sulfide) groups is 1. The number of nitrogens with zero attached hydrogens (tertiary/aromatic N) is 1. The number of pyridine rings is 1. The van der Waals surface area contributed by atoms with E-state index in [-0.39, 0.29) is 36.2 Å². The largest absolute Gasteiger partial charge is 0.478 e. The molecule has 0 spiro atoms. The van der Waals surface area contributed by atoms with Gasteiger partial charge >= 0.3 is 5.97 Å². The third-order valence-electron chi connectivity index (χ3n) is 9.80. The molecule has 1 aliphatic rings. The lowest BCUT2D eigenvalue weighted by molar-refractivity contribution is -0.245. The number of ether oxygens (including phenoxy) is 2. The Bertz CT molecular complexity index is 2110. The first-order valence-electron chi connectivity index (χ1n) is 19.2. The number of unbranched alkanes of at least 4 members (excludes halogenated alkanes) is 3. The molecule has 1 aromatic heterocycles. The van der Waals surface area contributed by atoms with Crippen molar-refractivity contribution in [2.45, 2.75) is 81.6 Å². The Labute approximate surface area is 337 Å². The van der Waals surface area contributed by atoms with E-state index in [9.17, 15) is 24.6 Å². The number of aliphatic hydroxyl groups excluding tert-OH is 1. The highest BCUT2D eigenvalue weighted by molar-refractivity contribution is 7.99.